The zero-order valence-corrected chi connectivity index (χ0v) is 8.66. The Morgan fingerprint density at radius 2 is 2.09 bits per heavy atom. The number of nitrogens with zero attached hydrogens (tertiary/aromatic N) is 1. The number of hydrogen-bond donors (Lipinski definition) is 1. The van der Waals surface area contributed by atoms with Gasteiger partial charge in [0.2, 0.25) is 0 Å². The first-order chi connectivity index (χ1) is 5.07. The van der Waals surface area contributed by atoms with Crippen LogP contribution in [-0.4, -0.2) is 29.6 Å². The molecule has 0 aliphatic carbocycles. The lowest BCUT2D eigenvalue weighted by Crippen LogP contribution is -2.40. The van der Waals surface area contributed by atoms with Crippen molar-refractivity contribution in [3.05, 3.63) is 0 Å². The van der Waals surface area contributed by atoms with E-state index in [2.05, 4.69) is 31.0 Å². The van der Waals surface area contributed by atoms with Crippen molar-refractivity contribution >= 4 is 17.3 Å². The monoisotopic (exact) mass is 174 g/mol. The molecule has 0 saturated carbocycles. The zero-order chi connectivity index (χ0) is 8.85. The van der Waals surface area contributed by atoms with E-state index in [-0.39, 0.29) is 0 Å². The van der Waals surface area contributed by atoms with E-state index in [0.717, 1.165) is 18.1 Å². The fraction of sp³-hybridized carbons (Fsp3) is 0.875. The zero-order valence-electron chi connectivity index (χ0n) is 7.85. The molecule has 0 aliphatic rings. The summed E-state index contributed by atoms with van der Waals surface area (Å²) in [6.07, 6.45) is 1.14. The van der Waals surface area contributed by atoms with Crippen molar-refractivity contribution in [3.8, 4) is 0 Å². The van der Waals surface area contributed by atoms with Crippen LogP contribution >= 0.6 is 12.2 Å². The fourth-order valence-corrected chi connectivity index (χ4v) is 1.12. The van der Waals surface area contributed by atoms with Gasteiger partial charge in [0.15, 0.2) is 5.11 Å². The molecule has 66 valence electrons. The van der Waals surface area contributed by atoms with Gasteiger partial charge in [0.05, 0.1) is 0 Å². The van der Waals surface area contributed by atoms with Crippen molar-refractivity contribution in [2.45, 2.75) is 33.2 Å². The lowest BCUT2D eigenvalue weighted by atomic mass is 10.4. The number of nitrogens with one attached hydrogen (secondary N) is 1. The normalized spacial score (nSPS) is 9.91. The first kappa shape index (κ1) is 10.7. The molecule has 0 atom stereocenters. The molecule has 0 fully saturated rings. The Labute approximate surface area is 75.0 Å². The van der Waals surface area contributed by atoms with Crippen molar-refractivity contribution in [2.75, 3.05) is 13.6 Å². The van der Waals surface area contributed by atoms with E-state index >= 15 is 0 Å². The molecule has 0 rings (SSSR count). The van der Waals surface area contributed by atoms with E-state index in [4.69, 9.17) is 12.2 Å². The van der Waals surface area contributed by atoms with E-state index in [1.165, 1.54) is 0 Å². The molecule has 0 aromatic rings. The Hall–Kier alpha value is -0.310. The molecule has 0 saturated heterocycles. The third kappa shape index (κ3) is 5.01. The lowest BCUT2D eigenvalue weighted by molar-refractivity contribution is 0.482. The average molecular weight is 174 g/mol. The molecule has 0 spiro atoms. The van der Waals surface area contributed by atoms with Crippen LogP contribution in [-0.2, 0) is 0 Å². The summed E-state index contributed by atoms with van der Waals surface area (Å²) < 4.78 is 0. The van der Waals surface area contributed by atoms with Crippen molar-refractivity contribution in [1.29, 1.82) is 0 Å². The Morgan fingerprint density at radius 3 is 2.45 bits per heavy atom. The fourth-order valence-electron chi connectivity index (χ4n) is 0.794. The molecule has 11 heavy (non-hydrogen) atoms. The molecule has 0 heterocycles. The number of hydrogen-bond acceptors (Lipinski definition) is 1. The Kier molecular flexibility index (Phi) is 5.20. The van der Waals surface area contributed by atoms with E-state index in [0.29, 0.717) is 6.04 Å². The molecule has 0 bridgehead atoms. The van der Waals surface area contributed by atoms with Gasteiger partial charge in [-0.05, 0) is 32.5 Å². The third-order valence-corrected chi connectivity index (χ3v) is 1.75. The Morgan fingerprint density at radius 1 is 1.55 bits per heavy atom. The molecule has 0 unspecified atom stereocenters. The van der Waals surface area contributed by atoms with Crippen LogP contribution in [0, 0.1) is 0 Å². The maximum Gasteiger partial charge on any atom is 0.168 e. The van der Waals surface area contributed by atoms with E-state index in [9.17, 15) is 0 Å². The molecule has 3 heteroatoms. The third-order valence-electron chi connectivity index (χ3n) is 1.32. The van der Waals surface area contributed by atoms with Crippen LogP contribution in [0.15, 0.2) is 0 Å². The minimum atomic E-state index is 0.432. The van der Waals surface area contributed by atoms with Crippen LogP contribution < -0.4 is 5.32 Å². The highest BCUT2D eigenvalue weighted by Gasteiger charge is 2.02. The minimum absolute atomic E-state index is 0.432. The molecular weight excluding hydrogens is 156 g/mol. The summed E-state index contributed by atoms with van der Waals surface area (Å²) in [6, 6.07) is 0.432. The number of rotatable bonds is 3. The van der Waals surface area contributed by atoms with Crippen molar-refractivity contribution in [3.63, 3.8) is 0 Å². The summed E-state index contributed by atoms with van der Waals surface area (Å²) in [7, 11) is 2.02. The topological polar surface area (TPSA) is 15.3 Å². The van der Waals surface area contributed by atoms with E-state index in [1.54, 1.807) is 0 Å². The second-order valence-corrected chi connectivity index (χ2v) is 3.41. The number of thiocarbonyl (C=S) groups is 1. The van der Waals surface area contributed by atoms with Gasteiger partial charge >= 0.3 is 0 Å². The highest BCUT2D eigenvalue weighted by molar-refractivity contribution is 7.80. The van der Waals surface area contributed by atoms with Gasteiger partial charge in [-0.1, -0.05) is 6.92 Å². The van der Waals surface area contributed by atoms with Gasteiger partial charge in [-0.2, -0.15) is 0 Å². The van der Waals surface area contributed by atoms with Crippen molar-refractivity contribution in [2.24, 2.45) is 0 Å². The molecule has 0 aromatic heterocycles. The molecule has 0 radical (unpaired) electrons. The smallest absolute Gasteiger partial charge is 0.168 e. The highest BCUT2D eigenvalue weighted by atomic mass is 32.1. The maximum atomic E-state index is 5.13. The molecule has 0 aliphatic heterocycles. The average Bonchev–Trinajstić information content (AvgIpc) is 1.86. The maximum absolute atomic E-state index is 5.13. The lowest BCUT2D eigenvalue weighted by Gasteiger charge is -2.21. The minimum Gasteiger partial charge on any atom is -0.360 e. The van der Waals surface area contributed by atoms with Crippen LogP contribution in [0.5, 0.6) is 0 Å². The molecule has 0 aromatic carbocycles. The van der Waals surface area contributed by atoms with E-state index in [1.807, 2.05) is 7.05 Å². The van der Waals surface area contributed by atoms with Gasteiger partial charge in [-0.15, -0.1) is 0 Å². The van der Waals surface area contributed by atoms with Gasteiger partial charge in [0.1, 0.15) is 0 Å². The summed E-state index contributed by atoms with van der Waals surface area (Å²) in [5.74, 6) is 0. The van der Waals surface area contributed by atoms with Crippen LogP contribution in [0.25, 0.3) is 0 Å². The predicted octanol–water partition coefficient (Wildman–Crippen LogP) is 1.61. The van der Waals surface area contributed by atoms with Gasteiger partial charge < -0.3 is 10.2 Å². The first-order valence-electron chi connectivity index (χ1n) is 4.09. The Bertz CT molecular complexity index is 123. The van der Waals surface area contributed by atoms with Crippen LogP contribution in [0.2, 0.25) is 0 Å². The van der Waals surface area contributed by atoms with Gasteiger partial charge in [-0.3, -0.25) is 0 Å². The van der Waals surface area contributed by atoms with E-state index < -0.39 is 0 Å². The van der Waals surface area contributed by atoms with Crippen molar-refractivity contribution in [1.82, 2.24) is 10.2 Å². The molecule has 1 N–H and O–H groups in total. The first-order valence-corrected chi connectivity index (χ1v) is 4.50. The highest BCUT2D eigenvalue weighted by Crippen LogP contribution is 1.89. The van der Waals surface area contributed by atoms with Gasteiger partial charge in [-0.25, -0.2) is 0 Å². The Balaban J connectivity index is 3.64. The summed E-state index contributed by atoms with van der Waals surface area (Å²) in [4.78, 5) is 2.06. The molecule has 2 nitrogen and oxygen atoms in total. The van der Waals surface area contributed by atoms with Crippen LogP contribution in [0.4, 0.5) is 0 Å². The quantitative estimate of drug-likeness (QED) is 0.654. The van der Waals surface area contributed by atoms with Crippen molar-refractivity contribution < 1.29 is 0 Å². The second kappa shape index (κ2) is 5.35. The summed E-state index contributed by atoms with van der Waals surface area (Å²) in [5, 5.41) is 4.03. The SMILES string of the molecule is CCCN(C)C(=S)NC(C)C. The standard InChI is InChI=1S/C8H18N2S/c1-5-6-10(4)8(11)9-7(2)3/h7H,5-6H2,1-4H3,(H,9,11). The van der Waals surface area contributed by atoms with Crippen LogP contribution in [0.1, 0.15) is 27.2 Å². The van der Waals surface area contributed by atoms with Gasteiger partial charge in [0.25, 0.3) is 0 Å². The molecular formula is C8H18N2S. The summed E-state index contributed by atoms with van der Waals surface area (Å²) in [5.41, 5.74) is 0. The van der Waals surface area contributed by atoms with Gasteiger partial charge in [0, 0.05) is 19.6 Å². The summed E-state index contributed by atoms with van der Waals surface area (Å²) >= 11 is 5.13. The van der Waals surface area contributed by atoms with Crippen LogP contribution in [0.3, 0.4) is 0 Å². The largest absolute Gasteiger partial charge is 0.360 e. The molecule has 0 amide bonds. The second-order valence-electron chi connectivity index (χ2n) is 3.03. The summed E-state index contributed by atoms with van der Waals surface area (Å²) in [6.45, 7) is 7.35. The predicted molar refractivity (Wildman–Crippen MR) is 53.8 cm³/mol.